The summed E-state index contributed by atoms with van der Waals surface area (Å²) < 4.78 is 0. The highest BCUT2D eigenvalue weighted by molar-refractivity contribution is 7.07. The van der Waals surface area contributed by atoms with Crippen LogP contribution in [-0.4, -0.2) is 46.8 Å². The molecule has 1 spiro atoms. The predicted octanol–water partition coefficient (Wildman–Crippen LogP) is 2.35. The molecular weight excluding hydrogens is 326 g/mol. The van der Waals surface area contributed by atoms with E-state index in [4.69, 9.17) is 0 Å². The quantitative estimate of drug-likeness (QED) is 0.848. The van der Waals surface area contributed by atoms with Crippen LogP contribution >= 0.6 is 11.3 Å². The number of nitrogens with one attached hydrogen (secondary N) is 1. The first-order valence-electron chi connectivity index (χ1n) is 8.41. The van der Waals surface area contributed by atoms with Gasteiger partial charge in [-0.1, -0.05) is 25.7 Å². The number of likely N-dealkylation sites (N-methyl/N-ethyl adjacent to an activating group) is 1. The molecule has 24 heavy (non-hydrogen) atoms. The number of rotatable bonds is 4. The van der Waals surface area contributed by atoms with Gasteiger partial charge in [-0.25, -0.2) is 4.79 Å². The Labute approximate surface area is 145 Å². The highest BCUT2D eigenvalue weighted by atomic mass is 32.1. The number of imide groups is 1. The number of hydrogen-bond donors (Lipinski definition) is 1. The molecule has 3 rings (SSSR count). The molecule has 130 valence electrons. The lowest BCUT2D eigenvalue weighted by molar-refractivity contribution is -0.138. The number of nitrogens with zero attached hydrogens (tertiary/aromatic N) is 2. The van der Waals surface area contributed by atoms with Crippen LogP contribution in [0.5, 0.6) is 0 Å². The first-order chi connectivity index (χ1) is 11.5. The van der Waals surface area contributed by atoms with Gasteiger partial charge < -0.3 is 10.2 Å². The van der Waals surface area contributed by atoms with E-state index in [1.54, 1.807) is 23.3 Å². The third kappa shape index (κ3) is 3.31. The highest BCUT2D eigenvalue weighted by Crippen LogP contribution is 2.32. The molecule has 2 aliphatic rings. The van der Waals surface area contributed by atoms with E-state index in [0.717, 1.165) is 36.1 Å². The van der Waals surface area contributed by atoms with Crippen LogP contribution in [0.2, 0.25) is 0 Å². The Balaban J connectivity index is 1.65. The minimum atomic E-state index is -0.778. The molecule has 0 radical (unpaired) electrons. The van der Waals surface area contributed by atoms with Gasteiger partial charge in [-0.15, -0.1) is 0 Å². The molecule has 2 heterocycles. The molecule has 0 unspecified atom stereocenters. The largest absolute Gasteiger partial charge is 0.340 e. The monoisotopic (exact) mass is 349 g/mol. The average Bonchev–Trinajstić information content (AvgIpc) is 3.04. The number of hydrogen-bond acceptors (Lipinski definition) is 4. The van der Waals surface area contributed by atoms with Crippen LogP contribution in [0.25, 0.3) is 0 Å². The molecule has 1 saturated carbocycles. The summed E-state index contributed by atoms with van der Waals surface area (Å²) in [5.41, 5.74) is 0.271. The molecule has 0 atom stereocenters. The Morgan fingerprint density at radius 1 is 1.29 bits per heavy atom. The maximum atomic E-state index is 12.8. The molecule has 1 aliphatic heterocycles. The Kier molecular flexibility index (Phi) is 4.89. The third-order valence-corrected chi connectivity index (χ3v) is 5.65. The summed E-state index contributed by atoms with van der Waals surface area (Å²) in [6.45, 7) is 0.296. The Morgan fingerprint density at radius 3 is 2.62 bits per heavy atom. The lowest BCUT2D eigenvalue weighted by atomic mass is 9.90. The second-order valence-corrected chi connectivity index (χ2v) is 7.48. The fourth-order valence-electron chi connectivity index (χ4n) is 3.49. The Morgan fingerprint density at radius 2 is 2.00 bits per heavy atom. The lowest BCUT2D eigenvalue weighted by Crippen LogP contribution is -2.47. The molecule has 1 aromatic heterocycles. The van der Waals surface area contributed by atoms with Crippen LogP contribution in [0.15, 0.2) is 16.8 Å². The van der Waals surface area contributed by atoms with Gasteiger partial charge in [0.25, 0.3) is 5.91 Å². The second-order valence-electron chi connectivity index (χ2n) is 6.70. The highest BCUT2D eigenvalue weighted by Gasteiger charge is 2.51. The fraction of sp³-hybridized carbons (Fsp3) is 0.588. The summed E-state index contributed by atoms with van der Waals surface area (Å²) in [4.78, 5) is 40.1. The summed E-state index contributed by atoms with van der Waals surface area (Å²) in [6, 6.07) is 1.53. The van der Waals surface area contributed by atoms with Crippen LogP contribution in [0.1, 0.15) is 44.1 Å². The molecular formula is C17H23N3O3S. The van der Waals surface area contributed by atoms with Crippen LogP contribution in [0.3, 0.4) is 0 Å². The molecule has 1 aliphatic carbocycles. The number of carbonyl (C=O) groups is 3. The lowest BCUT2D eigenvalue weighted by Gasteiger charge is -2.25. The van der Waals surface area contributed by atoms with Crippen LogP contribution in [0, 0.1) is 0 Å². The predicted molar refractivity (Wildman–Crippen MR) is 91.5 cm³/mol. The van der Waals surface area contributed by atoms with Crippen molar-refractivity contribution in [2.45, 2.75) is 50.6 Å². The van der Waals surface area contributed by atoms with E-state index in [0.29, 0.717) is 19.4 Å². The van der Waals surface area contributed by atoms with Gasteiger partial charge in [0.05, 0.1) is 0 Å². The normalized spacial score (nSPS) is 20.1. The van der Waals surface area contributed by atoms with Crippen LogP contribution in [0.4, 0.5) is 4.79 Å². The van der Waals surface area contributed by atoms with E-state index < -0.39 is 11.6 Å². The zero-order chi connectivity index (χ0) is 17.2. The summed E-state index contributed by atoms with van der Waals surface area (Å²) in [7, 11) is 1.69. The van der Waals surface area contributed by atoms with E-state index in [-0.39, 0.29) is 18.4 Å². The van der Waals surface area contributed by atoms with Gasteiger partial charge in [-0.3, -0.25) is 14.5 Å². The first-order valence-corrected chi connectivity index (χ1v) is 9.35. The van der Waals surface area contributed by atoms with Gasteiger partial charge in [0.15, 0.2) is 0 Å². The standard InChI is InChI=1S/C17H23N3O3S/c1-19(10-13-6-9-24-12-13)14(21)11-20-15(22)17(18-16(20)23)7-4-2-3-5-8-17/h6,9,12H,2-5,7-8,10-11H2,1H3,(H,18,23). The van der Waals surface area contributed by atoms with E-state index in [2.05, 4.69) is 5.32 Å². The van der Waals surface area contributed by atoms with Crippen molar-refractivity contribution < 1.29 is 14.4 Å². The number of carbonyl (C=O) groups excluding carboxylic acids is 3. The van der Waals surface area contributed by atoms with Gasteiger partial charge in [-0.2, -0.15) is 11.3 Å². The minimum absolute atomic E-state index is 0.187. The molecule has 1 N–H and O–H groups in total. The molecule has 0 aromatic carbocycles. The molecule has 7 heteroatoms. The second kappa shape index (κ2) is 6.93. The van der Waals surface area contributed by atoms with Gasteiger partial charge >= 0.3 is 6.03 Å². The topological polar surface area (TPSA) is 69.7 Å². The van der Waals surface area contributed by atoms with E-state index in [9.17, 15) is 14.4 Å². The Hall–Kier alpha value is -1.89. The van der Waals surface area contributed by atoms with Crippen molar-refractivity contribution in [2.75, 3.05) is 13.6 Å². The number of urea groups is 1. The maximum Gasteiger partial charge on any atom is 0.325 e. The van der Waals surface area contributed by atoms with Crippen molar-refractivity contribution in [3.8, 4) is 0 Å². The van der Waals surface area contributed by atoms with Crippen molar-refractivity contribution in [3.63, 3.8) is 0 Å². The van der Waals surface area contributed by atoms with Crippen molar-refractivity contribution >= 4 is 29.2 Å². The summed E-state index contributed by atoms with van der Waals surface area (Å²) in [5, 5.41) is 6.81. The third-order valence-electron chi connectivity index (χ3n) is 4.92. The van der Waals surface area contributed by atoms with Crippen LogP contribution < -0.4 is 5.32 Å². The SMILES string of the molecule is CN(Cc1ccsc1)C(=O)CN1C(=O)NC2(CCCCCC2)C1=O. The van der Waals surface area contributed by atoms with Gasteiger partial charge in [-0.05, 0) is 35.2 Å². The number of amides is 4. The molecule has 1 saturated heterocycles. The summed E-state index contributed by atoms with van der Waals surface area (Å²) >= 11 is 1.58. The van der Waals surface area contributed by atoms with Gasteiger partial charge in [0.1, 0.15) is 12.1 Å². The Bertz CT molecular complexity index is 621. The smallest absolute Gasteiger partial charge is 0.325 e. The van der Waals surface area contributed by atoms with Crippen molar-refractivity contribution in [1.29, 1.82) is 0 Å². The summed E-state index contributed by atoms with van der Waals surface area (Å²) in [6.07, 6.45) is 5.40. The molecule has 2 fully saturated rings. The number of thiophene rings is 1. The average molecular weight is 349 g/mol. The first kappa shape index (κ1) is 17.0. The molecule has 1 aromatic rings. The van der Waals surface area contributed by atoms with Gasteiger partial charge in [0, 0.05) is 13.6 Å². The molecule has 4 amide bonds. The molecule has 6 nitrogen and oxygen atoms in total. The minimum Gasteiger partial charge on any atom is -0.340 e. The maximum absolute atomic E-state index is 12.8. The van der Waals surface area contributed by atoms with E-state index >= 15 is 0 Å². The van der Waals surface area contributed by atoms with E-state index in [1.165, 1.54) is 0 Å². The fourth-order valence-corrected chi connectivity index (χ4v) is 4.15. The van der Waals surface area contributed by atoms with E-state index in [1.807, 2.05) is 16.8 Å². The van der Waals surface area contributed by atoms with Gasteiger partial charge in [0.2, 0.25) is 5.91 Å². The van der Waals surface area contributed by atoms with Crippen molar-refractivity contribution in [1.82, 2.24) is 15.1 Å². The zero-order valence-electron chi connectivity index (χ0n) is 13.9. The van der Waals surface area contributed by atoms with Crippen molar-refractivity contribution in [3.05, 3.63) is 22.4 Å². The zero-order valence-corrected chi connectivity index (χ0v) is 14.7. The van der Waals surface area contributed by atoms with Crippen molar-refractivity contribution in [2.24, 2.45) is 0 Å². The molecule has 0 bridgehead atoms. The van der Waals surface area contributed by atoms with Crippen LogP contribution in [-0.2, 0) is 16.1 Å². The summed E-state index contributed by atoms with van der Waals surface area (Å²) in [5.74, 6) is -0.456.